The minimum Gasteiger partial charge on any atom is -0.380 e. The van der Waals surface area contributed by atoms with Gasteiger partial charge in [0.25, 0.3) is 0 Å². The first-order valence-corrected chi connectivity index (χ1v) is 9.01. The van der Waals surface area contributed by atoms with E-state index < -0.39 is 9.84 Å². The highest BCUT2D eigenvalue weighted by Crippen LogP contribution is 2.24. The van der Waals surface area contributed by atoms with Gasteiger partial charge < -0.3 is 10.6 Å². The molecule has 2 rings (SSSR count). The topological polar surface area (TPSA) is 75.3 Å². The molecule has 0 bridgehead atoms. The number of thiophene rings is 1. The molecule has 0 radical (unpaired) electrons. The Bertz CT molecular complexity index is 751. The van der Waals surface area contributed by atoms with Crippen LogP contribution in [0.15, 0.2) is 40.6 Å². The molecule has 0 saturated heterocycles. The van der Waals surface area contributed by atoms with Crippen molar-refractivity contribution >= 4 is 38.5 Å². The Morgan fingerprint density at radius 2 is 2.05 bits per heavy atom. The number of carbonyl (C=O) groups is 1. The van der Waals surface area contributed by atoms with Gasteiger partial charge in [-0.05, 0) is 29.6 Å². The summed E-state index contributed by atoms with van der Waals surface area (Å²) in [5.41, 5.74) is 1.50. The van der Waals surface area contributed by atoms with Crippen molar-refractivity contribution in [3.8, 4) is 0 Å². The van der Waals surface area contributed by atoms with Crippen molar-refractivity contribution in [2.24, 2.45) is 0 Å². The predicted molar refractivity (Wildman–Crippen MR) is 85.5 cm³/mol. The Morgan fingerprint density at radius 1 is 1.29 bits per heavy atom. The van der Waals surface area contributed by atoms with E-state index in [0.717, 1.165) is 16.3 Å². The standard InChI is InChI=1S/C14H16N2O3S2/c1-10(17)16-13-6-7-20-14(13)9-15-11-4-3-5-12(8-11)21(2,18)19/h3-8,15H,9H2,1-2H3,(H,16,17). The van der Waals surface area contributed by atoms with Gasteiger partial charge in [-0.3, -0.25) is 4.79 Å². The molecule has 21 heavy (non-hydrogen) atoms. The van der Waals surface area contributed by atoms with Crippen molar-refractivity contribution in [1.29, 1.82) is 0 Å². The highest BCUT2D eigenvalue weighted by Gasteiger charge is 2.08. The first-order chi connectivity index (χ1) is 9.86. The number of anilines is 2. The Balaban J connectivity index is 2.10. The van der Waals surface area contributed by atoms with Crippen LogP contribution >= 0.6 is 11.3 Å². The fraction of sp³-hybridized carbons (Fsp3) is 0.214. The van der Waals surface area contributed by atoms with Crippen molar-refractivity contribution in [1.82, 2.24) is 0 Å². The van der Waals surface area contributed by atoms with E-state index in [1.807, 2.05) is 11.4 Å². The third kappa shape index (κ3) is 4.30. The van der Waals surface area contributed by atoms with Gasteiger partial charge in [-0.2, -0.15) is 0 Å². The van der Waals surface area contributed by atoms with Crippen LogP contribution in [0.5, 0.6) is 0 Å². The summed E-state index contributed by atoms with van der Waals surface area (Å²) in [5.74, 6) is -0.117. The van der Waals surface area contributed by atoms with E-state index in [1.54, 1.807) is 24.3 Å². The van der Waals surface area contributed by atoms with E-state index in [9.17, 15) is 13.2 Å². The molecule has 2 aromatic rings. The molecular weight excluding hydrogens is 308 g/mol. The van der Waals surface area contributed by atoms with Crippen LogP contribution in [0.25, 0.3) is 0 Å². The quantitative estimate of drug-likeness (QED) is 0.887. The smallest absolute Gasteiger partial charge is 0.221 e. The number of sulfone groups is 1. The monoisotopic (exact) mass is 324 g/mol. The Kier molecular flexibility index (Phi) is 4.64. The lowest BCUT2D eigenvalue weighted by Gasteiger charge is -2.09. The van der Waals surface area contributed by atoms with Crippen LogP contribution in [0.2, 0.25) is 0 Å². The van der Waals surface area contributed by atoms with Crippen LogP contribution in [-0.2, 0) is 21.2 Å². The Morgan fingerprint density at radius 3 is 2.71 bits per heavy atom. The molecule has 1 amide bonds. The number of hydrogen-bond donors (Lipinski definition) is 2. The second-order valence-electron chi connectivity index (χ2n) is 4.59. The zero-order valence-electron chi connectivity index (χ0n) is 11.7. The zero-order valence-corrected chi connectivity index (χ0v) is 13.3. The van der Waals surface area contributed by atoms with E-state index in [2.05, 4.69) is 10.6 Å². The fourth-order valence-corrected chi connectivity index (χ4v) is 3.23. The Hall–Kier alpha value is -1.86. The molecule has 0 unspecified atom stereocenters. The second-order valence-corrected chi connectivity index (χ2v) is 7.61. The van der Waals surface area contributed by atoms with Crippen molar-refractivity contribution in [3.05, 3.63) is 40.6 Å². The van der Waals surface area contributed by atoms with Gasteiger partial charge in [0.05, 0.1) is 17.1 Å². The SMILES string of the molecule is CC(=O)Nc1ccsc1CNc1cccc(S(C)(=O)=O)c1. The summed E-state index contributed by atoms with van der Waals surface area (Å²) in [5, 5.41) is 7.83. The van der Waals surface area contributed by atoms with E-state index >= 15 is 0 Å². The number of carbonyl (C=O) groups excluding carboxylic acids is 1. The average molecular weight is 324 g/mol. The van der Waals surface area contributed by atoms with Gasteiger partial charge in [0.2, 0.25) is 5.91 Å². The van der Waals surface area contributed by atoms with Crippen LogP contribution < -0.4 is 10.6 Å². The first kappa shape index (κ1) is 15.5. The van der Waals surface area contributed by atoms with Crippen LogP contribution in [0, 0.1) is 0 Å². The van der Waals surface area contributed by atoms with Crippen LogP contribution in [-0.4, -0.2) is 20.6 Å². The molecule has 0 fully saturated rings. The van der Waals surface area contributed by atoms with Gasteiger partial charge in [-0.25, -0.2) is 8.42 Å². The maximum Gasteiger partial charge on any atom is 0.221 e. The number of hydrogen-bond acceptors (Lipinski definition) is 5. The van der Waals surface area contributed by atoms with E-state index in [-0.39, 0.29) is 10.8 Å². The second kappa shape index (κ2) is 6.28. The summed E-state index contributed by atoms with van der Waals surface area (Å²) >= 11 is 1.53. The summed E-state index contributed by atoms with van der Waals surface area (Å²) in [7, 11) is -3.22. The molecule has 0 aliphatic heterocycles. The number of rotatable bonds is 5. The van der Waals surface area contributed by atoms with E-state index in [4.69, 9.17) is 0 Å². The third-order valence-electron chi connectivity index (χ3n) is 2.77. The van der Waals surface area contributed by atoms with Gasteiger partial charge >= 0.3 is 0 Å². The minimum atomic E-state index is -3.22. The van der Waals surface area contributed by atoms with Crippen LogP contribution in [0.4, 0.5) is 11.4 Å². The predicted octanol–water partition coefficient (Wildman–Crippen LogP) is 2.72. The van der Waals surface area contributed by atoms with Crippen LogP contribution in [0.3, 0.4) is 0 Å². The molecular formula is C14H16N2O3S2. The molecule has 2 N–H and O–H groups in total. The minimum absolute atomic E-state index is 0.117. The molecule has 0 aliphatic carbocycles. The lowest BCUT2D eigenvalue weighted by atomic mass is 10.3. The van der Waals surface area contributed by atoms with Crippen molar-refractivity contribution in [2.75, 3.05) is 16.9 Å². The van der Waals surface area contributed by atoms with E-state index in [1.165, 1.54) is 24.5 Å². The maximum atomic E-state index is 11.5. The summed E-state index contributed by atoms with van der Waals surface area (Å²) in [6, 6.07) is 8.51. The molecule has 0 atom stereocenters. The molecule has 0 spiro atoms. The highest BCUT2D eigenvalue weighted by molar-refractivity contribution is 7.90. The molecule has 1 heterocycles. The van der Waals surface area contributed by atoms with Gasteiger partial charge in [-0.15, -0.1) is 11.3 Å². The molecule has 112 valence electrons. The Labute approximate surface area is 127 Å². The van der Waals surface area contributed by atoms with Gasteiger partial charge in [0, 0.05) is 23.7 Å². The summed E-state index contributed by atoms with van der Waals surface area (Å²) in [6.07, 6.45) is 1.18. The summed E-state index contributed by atoms with van der Waals surface area (Å²) in [6.45, 7) is 1.98. The molecule has 0 aliphatic rings. The molecule has 0 saturated carbocycles. The van der Waals surface area contributed by atoms with Gasteiger partial charge in [0.15, 0.2) is 9.84 Å². The average Bonchev–Trinajstić information content (AvgIpc) is 2.82. The lowest BCUT2D eigenvalue weighted by molar-refractivity contribution is -0.114. The number of amides is 1. The third-order valence-corrected chi connectivity index (χ3v) is 4.80. The number of benzene rings is 1. The van der Waals surface area contributed by atoms with Gasteiger partial charge in [0.1, 0.15) is 0 Å². The van der Waals surface area contributed by atoms with Crippen molar-refractivity contribution in [3.63, 3.8) is 0 Å². The fourth-order valence-electron chi connectivity index (χ4n) is 1.80. The summed E-state index contributed by atoms with van der Waals surface area (Å²) in [4.78, 5) is 12.4. The first-order valence-electron chi connectivity index (χ1n) is 6.24. The van der Waals surface area contributed by atoms with Crippen molar-refractivity contribution < 1.29 is 13.2 Å². The maximum absolute atomic E-state index is 11.5. The normalized spacial score (nSPS) is 11.1. The summed E-state index contributed by atoms with van der Waals surface area (Å²) < 4.78 is 23.0. The lowest BCUT2D eigenvalue weighted by Crippen LogP contribution is -2.08. The highest BCUT2D eigenvalue weighted by atomic mass is 32.2. The van der Waals surface area contributed by atoms with Gasteiger partial charge in [-0.1, -0.05) is 6.07 Å². The molecule has 5 nitrogen and oxygen atoms in total. The zero-order chi connectivity index (χ0) is 15.5. The largest absolute Gasteiger partial charge is 0.380 e. The number of nitrogens with one attached hydrogen (secondary N) is 2. The molecule has 1 aromatic carbocycles. The van der Waals surface area contributed by atoms with Crippen LogP contribution in [0.1, 0.15) is 11.8 Å². The van der Waals surface area contributed by atoms with Crippen molar-refractivity contribution in [2.45, 2.75) is 18.4 Å². The molecule has 1 aromatic heterocycles. The molecule has 7 heteroatoms. The van der Waals surface area contributed by atoms with E-state index in [0.29, 0.717) is 6.54 Å².